The summed E-state index contributed by atoms with van der Waals surface area (Å²) in [5.41, 5.74) is 1.27. The summed E-state index contributed by atoms with van der Waals surface area (Å²) in [5.74, 6) is -0.655. The van der Waals surface area contributed by atoms with Crippen LogP contribution in [0.5, 0.6) is 0 Å². The first-order valence-corrected chi connectivity index (χ1v) is 8.01. The quantitative estimate of drug-likeness (QED) is 0.834. The first-order chi connectivity index (χ1) is 11.7. The lowest BCUT2D eigenvalue weighted by Gasteiger charge is -2.28. The van der Waals surface area contributed by atoms with E-state index in [2.05, 4.69) is 15.2 Å². The molecule has 0 N–H and O–H groups in total. The van der Waals surface area contributed by atoms with Crippen LogP contribution in [0.1, 0.15) is 43.7 Å². The van der Waals surface area contributed by atoms with Crippen molar-refractivity contribution in [2.45, 2.75) is 57.0 Å². The van der Waals surface area contributed by atoms with Gasteiger partial charge in [0.25, 0.3) is 5.89 Å². The Morgan fingerprint density at radius 1 is 1.17 bits per heavy atom. The summed E-state index contributed by atoms with van der Waals surface area (Å²) in [5, 5.41) is 6.90. The molecular weight excluding hydrogens is 320 g/mol. The van der Waals surface area contributed by atoms with Crippen molar-refractivity contribution < 1.29 is 22.7 Å². The number of hydrogen-bond acceptors (Lipinski definition) is 6. The molecule has 0 aliphatic carbocycles. The van der Waals surface area contributed by atoms with E-state index in [1.54, 1.807) is 12.1 Å². The molecule has 2 aromatic heterocycles. The molecule has 2 saturated heterocycles. The number of aromatic nitrogens is 3. The standard InChI is InChI=1S/C16H17F2N3O3/c17-14(18)16-21-20-15(24-16)9-1-2-10(19-7-9)8-22-13-5-11-3-4-12(6-13)23-11/h1-2,7,11-14H,3-6,8H2. The summed E-state index contributed by atoms with van der Waals surface area (Å²) in [4.78, 5) is 4.28. The van der Waals surface area contributed by atoms with Gasteiger partial charge in [0.15, 0.2) is 0 Å². The molecule has 24 heavy (non-hydrogen) atoms. The number of fused-ring (bicyclic) bond motifs is 2. The lowest BCUT2D eigenvalue weighted by Crippen LogP contribution is -2.30. The van der Waals surface area contributed by atoms with Gasteiger partial charge < -0.3 is 13.9 Å². The molecule has 2 atom stereocenters. The predicted molar refractivity (Wildman–Crippen MR) is 78.2 cm³/mol. The van der Waals surface area contributed by atoms with Crippen molar-refractivity contribution in [1.29, 1.82) is 0 Å². The zero-order valence-corrected chi connectivity index (χ0v) is 12.9. The summed E-state index contributed by atoms with van der Waals surface area (Å²) >= 11 is 0. The molecule has 2 bridgehead atoms. The van der Waals surface area contributed by atoms with Crippen molar-refractivity contribution in [2.75, 3.05) is 0 Å². The topological polar surface area (TPSA) is 70.3 Å². The van der Waals surface area contributed by atoms with E-state index in [9.17, 15) is 8.78 Å². The van der Waals surface area contributed by atoms with Gasteiger partial charge in [0.2, 0.25) is 5.89 Å². The largest absolute Gasteiger partial charge is 0.415 e. The first kappa shape index (κ1) is 15.6. The first-order valence-electron chi connectivity index (χ1n) is 8.01. The van der Waals surface area contributed by atoms with Gasteiger partial charge in [-0.25, -0.2) is 0 Å². The molecule has 0 saturated carbocycles. The Labute approximate surface area is 137 Å². The zero-order chi connectivity index (χ0) is 16.5. The molecule has 0 aromatic carbocycles. The molecule has 6 nitrogen and oxygen atoms in total. The Bertz CT molecular complexity index is 680. The number of nitrogens with zero attached hydrogens (tertiary/aromatic N) is 3. The van der Waals surface area contributed by atoms with E-state index in [-0.39, 0.29) is 12.0 Å². The van der Waals surface area contributed by atoms with Crippen LogP contribution in [-0.4, -0.2) is 33.5 Å². The van der Waals surface area contributed by atoms with E-state index >= 15 is 0 Å². The fourth-order valence-corrected chi connectivity index (χ4v) is 3.22. The number of rotatable bonds is 5. The number of hydrogen-bond donors (Lipinski definition) is 0. The van der Waals surface area contributed by atoms with Gasteiger partial charge in [-0.1, -0.05) is 0 Å². The van der Waals surface area contributed by atoms with Gasteiger partial charge in [-0.2, -0.15) is 8.78 Å². The third-order valence-electron chi connectivity index (χ3n) is 4.41. The van der Waals surface area contributed by atoms with Crippen LogP contribution in [0, 0.1) is 0 Å². The van der Waals surface area contributed by atoms with Crippen molar-refractivity contribution in [2.24, 2.45) is 0 Å². The van der Waals surface area contributed by atoms with Crippen LogP contribution in [0.4, 0.5) is 8.78 Å². The third-order valence-corrected chi connectivity index (χ3v) is 4.41. The maximum atomic E-state index is 12.5. The van der Waals surface area contributed by atoms with Crippen LogP contribution in [0.15, 0.2) is 22.7 Å². The Morgan fingerprint density at radius 2 is 1.96 bits per heavy atom. The summed E-state index contributed by atoms with van der Waals surface area (Å²) < 4.78 is 41.5. The van der Waals surface area contributed by atoms with Crippen LogP contribution in [0.25, 0.3) is 11.5 Å². The van der Waals surface area contributed by atoms with Crippen molar-refractivity contribution in [3.8, 4) is 11.5 Å². The molecule has 2 fully saturated rings. The van der Waals surface area contributed by atoms with Crippen LogP contribution in [0.3, 0.4) is 0 Å². The van der Waals surface area contributed by atoms with Gasteiger partial charge in [-0.3, -0.25) is 4.98 Å². The van der Waals surface area contributed by atoms with Crippen LogP contribution in [0.2, 0.25) is 0 Å². The summed E-state index contributed by atoms with van der Waals surface area (Å²) in [6.45, 7) is 0.413. The van der Waals surface area contributed by atoms with Crippen molar-refractivity contribution in [1.82, 2.24) is 15.2 Å². The molecule has 0 spiro atoms. The van der Waals surface area contributed by atoms with Gasteiger partial charge in [0, 0.05) is 6.20 Å². The van der Waals surface area contributed by atoms with E-state index in [0.29, 0.717) is 24.4 Å². The second-order valence-electron chi connectivity index (χ2n) is 6.15. The smallest absolute Gasteiger partial charge is 0.314 e. The number of ether oxygens (including phenoxy) is 2. The summed E-state index contributed by atoms with van der Waals surface area (Å²) in [7, 11) is 0. The molecule has 4 heterocycles. The minimum atomic E-state index is -2.78. The summed E-state index contributed by atoms with van der Waals surface area (Å²) in [6, 6.07) is 3.48. The van der Waals surface area contributed by atoms with E-state index in [4.69, 9.17) is 13.9 Å². The predicted octanol–water partition coefficient (Wildman–Crippen LogP) is 3.30. The second kappa shape index (κ2) is 6.52. The molecule has 0 radical (unpaired) electrons. The molecule has 4 rings (SSSR count). The normalized spacial score (nSPS) is 26.2. The highest BCUT2D eigenvalue weighted by Crippen LogP contribution is 2.34. The average Bonchev–Trinajstić information content (AvgIpc) is 3.20. The van der Waals surface area contributed by atoms with E-state index < -0.39 is 12.3 Å². The summed E-state index contributed by atoms with van der Waals surface area (Å²) in [6.07, 6.45) is 3.76. The Kier molecular flexibility index (Phi) is 4.24. The molecule has 0 amide bonds. The van der Waals surface area contributed by atoms with Crippen LogP contribution < -0.4 is 0 Å². The molecule has 8 heteroatoms. The molecule has 2 aliphatic rings. The molecule has 2 aliphatic heterocycles. The highest BCUT2D eigenvalue weighted by Gasteiger charge is 2.35. The lowest BCUT2D eigenvalue weighted by molar-refractivity contribution is -0.0853. The second-order valence-corrected chi connectivity index (χ2v) is 6.15. The number of pyridine rings is 1. The Morgan fingerprint density at radius 3 is 2.58 bits per heavy atom. The fourth-order valence-electron chi connectivity index (χ4n) is 3.22. The van der Waals surface area contributed by atoms with Gasteiger partial charge in [-0.05, 0) is 37.8 Å². The molecule has 2 aromatic rings. The Balaban J connectivity index is 1.35. The molecule has 2 unspecified atom stereocenters. The minimum Gasteiger partial charge on any atom is -0.415 e. The maximum Gasteiger partial charge on any atom is 0.314 e. The minimum absolute atomic E-state index is 0.0336. The van der Waals surface area contributed by atoms with Gasteiger partial charge in [-0.15, -0.1) is 10.2 Å². The number of alkyl halides is 2. The fraction of sp³-hybridized carbons (Fsp3) is 0.562. The van der Waals surface area contributed by atoms with Gasteiger partial charge in [0.1, 0.15) is 0 Å². The van der Waals surface area contributed by atoms with Crippen molar-refractivity contribution in [3.05, 3.63) is 29.9 Å². The van der Waals surface area contributed by atoms with Crippen molar-refractivity contribution in [3.63, 3.8) is 0 Å². The lowest BCUT2D eigenvalue weighted by atomic mass is 10.1. The van der Waals surface area contributed by atoms with Gasteiger partial charge >= 0.3 is 6.43 Å². The average molecular weight is 337 g/mol. The third kappa shape index (κ3) is 3.29. The van der Waals surface area contributed by atoms with Crippen LogP contribution in [-0.2, 0) is 16.1 Å². The van der Waals surface area contributed by atoms with Crippen LogP contribution >= 0.6 is 0 Å². The van der Waals surface area contributed by atoms with E-state index in [0.717, 1.165) is 31.4 Å². The highest BCUT2D eigenvalue weighted by molar-refractivity contribution is 5.50. The highest BCUT2D eigenvalue weighted by atomic mass is 19.3. The Hall–Kier alpha value is -1.93. The SMILES string of the molecule is FC(F)c1nnc(-c2ccc(COC3CC4CCC(C3)O4)nc2)o1. The monoisotopic (exact) mass is 337 g/mol. The molecule has 128 valence electrons. The van der Waals surface area contributed by atoms with E-state index in [1.165, 1.54) is 6.20 Å². The zero-order valence-electron chi connectivity index (χ0n) is 12.9. The maximum absolute atomic E-state index is 12.5. The molecular formula is C16H17F2N3O3. The van der Waals surface area contributed by atoms with Crippen molar-refractivity contribution >= 4 is 0 Å². The van der Waals surface area contributed by atoms with E-state index in [1.807, 2.05) is 0 Å². The van der Waals surface area contributed by atoms with Gasteiger partial charge in [0.05, 0.1) is 36.2 Å². The number of halogens is 2.